The fraction of sp³-hybridized carbons (Fsp3) is 0.800. The van der Waals surface area contributed by atoms with Gasteiger partial charge >= 0.3 is 11.9 Å². The third kappa shape index (κ3) is 23.4. The first-order chi connectivity index (χ1) is 22.5. The second-order valence-electron chi connectivity index (χ2n) is 13.5. The zero-order valence-electron chi connectivity index (χ0n) is 30.6. The normalized spacial score (nSPS) is 11.4. The molecule has 1 aromatic carbocycles. The molecule has 46 heavy (non-hydrogen) atoms. The first-order valence-corrected chi connectivity index (χ1v) is 19.3. The average Bonchev–Trinajstić information content (AvgIpc) is 3.06. The lowest BCUT2D eigenvalue weighted by atomic mass is 10.1. The number of carbonyl (C=O) groups is 2. The van der Waals surface area contributed by atoms with Crippen molar-refractivity contribution in [3.63, 3.8) is 0 Å². The van der Waals surface area contributed by atoms with Crippen LogP contribution in [0.4, 0.5) is 0 Å². The van der Waals surface area contributed by atoms with E-state index in [4.69, 9.17) is 9.47 Å². The third-order valence-corrected chi connectivity index (χ3v) is 9.07. The van der Waals surface area contributed by atoms with Crippen molar-refractivity contribution < 1.29 is 19.1 Å². The van der Waals surface area contributed by atoms with Crippen LogP contribution >= 0.6 is 0 Å². The molecule has 0 unspecified atom stereocenters. The van der Waals surface area contributed by atoms with Crippen LogP contribution in [-0.2, 0) is 9.47 Å². The van der Waals surface area contributed by atoms with Crippen LogP contribution < -0.4 is 0 Å². The maximum absolute atomic E-state index is 12.8. The molecule has 0 aliphatic heterocycles. The minimum Gasteiger partial charge on any atom is -0.461 e. The SMILES string of the molecule is CCCCCCCCCCCCCN(C)CCOC(=O)c1ccccc1C(=O)OCCN(C)CCCCCCCCCCCCC. The highest BCUT2D eigenvalue weighted by Gasteiger charge is 2.19. The molecule has 0 heterocycles. The number of rotatable bonds is 32. The maximum Gasteiger partial charge on any atom is 0.339 e. The fourth-order valence-electron chi connectivity index (χ4n) is 5.90. The zero-order valence-corrected chi connectivity index (χ0v) is 30.6. The summed E-state index contributed by atoms with van der Waals surface area (Å²) in [6.07, 6.45) is 29.4. The summed E-state index contributed by atoms with van der Waals surface area (Å²) in [5, 5.41) is 0. The Morgan fingerprint density at radius 3 is 1.04 bits per heavy atom. The monoisotopic (exact) mass is 645 g/mol. The van der Waals surface area contributed by atoms with Crippen LogP contribution in [0.15, 0.2) is 24.3 Å². The number of likely N-dealkylation sites (N-methyl/N-ethyl adjacent to an activating group) is 2. The first-order valence-electron chi connectivity index (χ1n) is 19.3. The largest absolute Gasteiger partial charge is 0.461 e. The standard InChI is InChI=1S/C40H72N2O4/c1-5-7-9-11-13-15-17-19-21-23-27-31-41(3)33-35-45-39(43)37-29-25-26-30-38(37)40(44)46-36-34-42(4)32-28-24-22-20-18-16-14-12-10-8-6-2/h25-26,29-30H,5-24,27-28,31-36H2,1-4H3. The number of esters is 2. The Balaban J connectivity index is 2.15. The molecule has 0 spiro atoms. The van der Waals surface area contributed by atoms with Crippen molar-refractivity contribution in [2.75, 3.05) is 53.5 Å². The Morgan fingerprint density at radius 1 is 0.457 bits per heavy atom. The Morgan fingerprint density at radius 2 is 0.739 bits per heavy atom. The topological polar surface area (TPSA) is 59.1 Å². The molecule has 6 nitrogen and oxygen atoms in total. The lowest BCUT2D eigenvalue weighted by Gasteiger charge is -2.17. The Labute approximate surface area is 284 Å². The molecule has 0 aromatic heterocycles. The third-order valence-electron chi connectivity index (χ3n) is 9.07. The van der Waals surface area contributed by atoms with Crippen LogP contribution in [0.2, 0.25) is 0 Å². The molecular weight excluding hydrogens is 572 g/mol. The van der Waals surface area contributed by atoms with Gasteiger partial charge in [-0.25, -0.2) is 9.59 Å². The van der Waals surface area contributed by atoms with Crippen molar-refractivity contribution in [1.82, 2.24) is 9.80 Å². The molecule has 0 aliphatic carbocycles. The minimum absolute atomic E-state index is 0.273. The van der Waals surface area contributed by atoms with E-state index >= 15 is 0 Å². The van der Waals surface area contributed by atoms with Crippen molar-refractivity contribution in [1.29, 1.82) is 0 Å². The summed E-state index contributed by atoms with van der Waals surface area (Å²) in [7, 11) is 4.15. The summed E-state index contributed by atoms with van der Waals surface area (Å²) < 4.78 is 11.1. The number of hydrogen-bond acceptors (Lipinski definition) is 6. The number of ether oxygens (including phenoxy) is 2. The van der Waals surface area contributed by atoms with E-state index in [1.54, 1.807) is 24.3 Å². The van der Waals surface area contributed by atoms with Crippen LogP contribution in [0.1, 0.15) is 176 Å². The number of benzene rings is 1. The summed E-state index contributed by atoms with van der Waals surface area (Å²) in [5.41, 5.74) is 0.546. The van der Waals surface area contributed by atoms with E-state index in [9.17, 15) is 9.59 Å². The van der Waals surface area contributed by atoms with Crippen LogP contribution in [-0.4, -0.2) is 75.2 Å². The van der Waals surface area contributed by atoms with Crippen molar-refractivity contribution in [2.45, 2.75) is 155 Å². The molecule has 0 N–H and O–H groups in total. The van der Waals surface area contributed by atoms with Gasteiger partial charge < -0.3 is 19.3 Å². The van der Waals surface area contributed by atoms with Gasteiger partial charge in [-0.05, 0) is 52.2 Å². The van der Waals surface area contributed by atoms with Gasteiger partial charge in [-0.1, -0.05) is 154 Å². The van der Waals surface area contributed by atoms with Crippen LogP contribution in [0.3, 0.4) is 0 Å². The van der Waals surface area contributed by atoms with E-state index < -0.39 is 11.9 Å². The second-order valence-corrected chi connectivity index (χ2v) is 13.5. The van der Waals surface area contributed by atoms with Gasteiger partial charge in [0, 0.05) is 13.1 Å². The van der Waals surface area contributed by atoms with Gasteiger partial charge in [-0.2, -0.15) is 0 Å². The van der Waals surface area contributed by atoms with E-state index in [0.29, 0.717) is 26.3 Å². The summed E-state index contributed by atoms with van der Waals surface area (Å²) >= 11 is 0. The van der Waals surface area contributed by atoms with Gasteiger partial charge in [0.2, 0.25) is 0 Å². The van der Waals surface area contributed by atoms with Crippen LogP contribution in [0, 0.1) is 0 Å². The predicted octanol–water partition coefficient (Wildman–Crippen LogP) is 10.5. The summed E-state index contributed by atoms with van der Waals surface area (Å²) in [5.74, 6) is -0.937. The van der Waals surface area contributed by atoms with Gasteiger partial charge in [0.1, 0.15) is 13.2 Å². The lowest BCUT2D eigenvalue weighted by Crippen LogP contribution is -2.26. The number of carbonyl (C=O) groups excluding carboxylic acids is 2. The smallest absolute Gasteiger partial charge is 0.339 e. The summed E-state index contributed by atoms with van der Waals surface area (Å²) in [6.45, 7) is 8.52. The van der Waals surface area contributed by atoms with Crippen molar-refractivity contribution >= 4 is 11.9 Å². The van der Waals surface area contributed by atoms with E-state index in [0.717, 1.165) is 13.1 Å². The van der Waals surface area contributed by atoms with Gasteiger partial charge in [0.25, 0.3) is 0 Å². The van der Waals surface area contributed by atoms with E-state index in [-0.39, 0.29) is 11.1 Å². The van der Waals surface area contributed by atoms with Gasteiger partial charge in [0.05, 0.1) is 11.1 Å². The van der Waals surface area contributed by atoms with Gasteiger partial charge in [-0.3, -0.25) is 0 Å². The molecule has 0 aliphatic rings. The molecule has 0 amide bonds. The molecule has 0 radical (unpaired) electrons. The van der Waals surface area contributed by atoms with Crippen LogP contribution in [0.25, 0.3) is 0 Å². The second kappa shape index (κ2) is 30.4. The molecule has 0 bridgehead atoms. The lowest BCUT2D eigenvalue weighted by molar-refractivity contribution is 0.0426. The van der Waals surface area contributed by atoms with Crippen LogP contribution in [0.5, 0.6) is 0 Å². The molecule has 0 saturated heterocycles. The predicted molar refractivity (Wildman–Crippen MR) is 195 cm³/mol. The average molecular weight is 645 g/mol. The van der Waals surface area contributed by atoms with Crippen molar-refractivity contribution in [2.24, 2.45) is 0 Å². The Bertz CT molecular complexity index is 792. The highest BCUT2D eigenvalue weighted by molar-refractivity contribution is 6.03. The Kier molecular flexibility index (Phi) is 27.8. The molecule has 6 heteroatoms. The summed E-state index contributed by atoms with van der Waals surface area (Å²) in [4.78, 5) is 30.1. The number of nitrogens with zero attached hydrogens (tertiary/aromatic N) is 2. The molecule has 266 valence electrons. The van der Waals surface area contributed by atoms with Crippen molar-refractivity contribution in [3.8, 4) is 0 Å². The van der Waals surface area contributed by atoms with Gasteiger partial charge in [-0.15, -0.1) is 0 Å². The minimum atomic E-state index is -0.468. The summed E-state index contributed by atoms with van der Waals surface area (Å²) in [6, 6.07) is 6.81. The highest BCUT2D eigenvalue weighted by Crippen LogP contribution is 2.14. The highest BCUT2D eigenvalue weighted by atomic mass is 16.5. The first kappa shape index (κ1) is 42.1. The number of hydrogen-bond donors (Lipinski definition) is 0. The molecule has 0 atom stereocenters. The molecular formula is C40H72N2O4. The van der Waals surface area contributed by atoms with E-state index in [2.05, 4.69) is 37.7 Å². The molecule has 1 aromatic rings. The van der Waals surface area contributed by atoms with E-state index in [1.807, 2.05) is 0 Å². The van der Waals surface area contributed by atoms with Crippen molar-refractivity contribution in [3.05, 3.63) is 35.4 Å². The molecule has 1 rings (SSSR count). The molecule has 0 saturated carbocycles. The fourth-order valence-corrected chi connectivity index (χ4v) is 5.90. The van der Waals surface area contributed by atoms with E-state index in [1.165, 1.54) is 141 Å². The van der Waals surface area contributed by atoms with Gasteiger partial charge in [0.15, 0.2) is 0 Å². The zero-order chi connectivity index (χ0) is 33.5. The maximum atomic E-state index is 12.8. The quantitative estimate of drug-likeness (QED) is 0.0574. The Hall–Kier alpha value is -1.92. The molecule has 0 fully saturated rings. The number of unbranched alkanes of at least 4 members (excludes halogenated alkanes) is 20.